The highest BCUT2D eigenvalue weighted by Gasteiger charge is 2.16. The van der Waals surface area contributed by atoms with Crippen molar-refractivity contribution in [1.82, 2.24) is 15.5 Å². The summed E-state index contributed by atoms with van der Waals surface area (Å²) in [5.41, 5.74) is 4.61. The fourth-order valence-electron chi connectivity index (χ4n) is 4.49. The molecule has 0 saturated heterocycles. The molecule has 4 nitrogen and oxygen atoms in total. The molecule has 0 aliphatic carbocycles. The fraction of sp³-hybridized carbons (Fsp3) is 0.258. The molecule has 1 atom stereocenters. The Balaban J connectivity index is 1.42. The van der Waals surface area contributed by atoms with Gasteiger partial charge in [0.15, 0.2) is 0 Å². The molecule has 0 bridgehead atoms. The van der Waals surface area contributed by atoms with Gasteiger partial charge in [-0.25, -0.2) is 0 Å². The minimum absolute atomic E-state index is 0.0362. The van der Waals surface area contributed by atoms with Crippen LogP contribution in [0.3, 0.4) is 0 Å². The second-order valence-corrected chi connectivity index (χ2v) is 9.26. The van der Waals surface area contributed by atoms with Gasteiger partial charge in [0.1, 0.15) is 0 Å². The zero-order valence-corrected chi connectivity index (χ0v) is 20.7. The Morgan fingerprint density at radius 3 is 2.20 bits per heavy atom. The maximum Gasteiger partial charge on any atom is 0.224 e. The quantitative estimate of drug-likeness (QED) is 0.330. The first-order chi connectivity index (χ1) is 17.1. The van der Waals surface area contributed by atoms with E-state index in [1.54, 1.807) is 0 Å². The lowest BCUT2D eigenvalue weighted by Crippen LogP contribution is -2.45. The molecular formula is C31H35N3O. The minimum Gasteiger partial charge on any atom is -0.351 e. The summed E-state index contributed by atoms with van der Waals surface area (Å²) >= 11 is 0. The second kappa shape index (κ2) is 12.3. The predicted octanol–water partition coefficient (Wildman–Crippen LogP) is 4.93. The van der Waals surface area contributed by atoms with E-state index >= 15 is 0 Å². The molecule has 4 rings (SSSR count). The lowest BCUT2D eigenvalue weighted by atomic mass is 10.0. The van der Waals surface area contributed by atoms with Gasteiger partial charge < -0.3 is 15.5 Å². The summed E-state index contributed by atoms with van der Waals surface area (Å²) in [4.78, 5) is 15.3. The molecule has 0 radical (unpaired) electrons. The first-order valence-corrected chi connectivity index (χ1v) is 12.4. The van der Waals surface area contributed by atoms with Gasteiger partial charge >= 0.3 is 0 Å². The fourth-order valence-corrected chi connectivity index (χ4v) is 4.49. The highest BCUT2D eigenvalue weighted by atomic mass is 16.1. The average Bonchev–Trinajstić information content (AvgIpc) is 2.88. The third-order valence-electron chi connectivity index (χ3n) is 6.36. The van der Waals surface area contributed by atoms with Crippen LogP contribution in [0.25, 0.3) is 21.9 Å². The summed E-state index contributed by atoms with van der Waals surface area (Å²) in [7, 11) is 4.07. The number of carbonyl (C=O) groups excluding carboxylic acids is 1. The summed E-state index contributed by atoms with van der Waals surface area (Å²) < 4.78 is 0. The molecule has 0 aliphatic rings. The van der Waals surface area contributed by atoms with Crippen molar-refractivity contribution >= 4 is 16.7 Å². The Morgan fingerprint density at radius 1 is 0.800 bits per heavy atom. The number of benzene rings is 4. The Hall–Kier alpha value is -3.47. The number of nitrogens with one attached hydrogen (secondary N) is 2. The first-order valence-electron chi connectivity index (χ1n) is 12.4. The van der Waals surface area contributed by atoms with Gasteiger partial charge in [-0.3, -0.25) is 4.79 Å². The van der Waals surface area contributed by atoms with Gasteiger partial charge in [-0.05, 0) is 53.5 Å². The molecule has 1 amide bonds. The van der Waals surface area contributed by atoms with Crippen molar-refractivity contribution < 1.29 is 4.79 Å². The van der Waals surface area contributed by atoms with E-state index in [0.717, 1.165) is 37.2 Å². The Labute approximate surface area is 209 Å². The number of hydrogen-bond donors (Lipinski definition) is 2. The maximum atomic E-state index is 13.0. The van der Waals surface area contributed by atoms with Crippen LogP contribution in [-0.2, 0) is 17.6 Å². The third-order valence-corrected chi connectivity index (χ3v) is 6.36. The van der Waals surface area contributed by atoms with Crippen LogP contribution in [-0.4, -0.2) is 50.6 Å². The van der Waals surface area contributed by atoms with Crippen LogP contribution < -0.4 is 10.6 Å². The van der Waals surface area contributed by atoms with Gasteiger partial charge in [-0.2, -0.15) is 0 Å². The average molecular weight is 466 g/mol. The molecular weight excluding hydrogens is 430 g/mol. The molecule has 4 heteroatoms. The van der Waals surface area contributed by atoms with E-state index in [1.807, 2.05) is 25.2 Å². The van der Waals surface area contributed by atoms with Crippen LogP contribution in [0, 0.1) is 0 Å². The van der Waals surface area contributed by atoms with E-state index in [4.69, 9.17) is 0 Å². The van der Waals surface area contributed by atoms with Crippen LogP contribution in [0.5, 0.6) is 0 Å². The van der Waals surface area contributed by atoms with Crippen LogP contribution in [0.1, 0.15) is 11.1 Å². The van der Waals surface area contributed by atoms with E-state index in [2.05, 4.69) is 101 Å². The van der Waals surface area contributed by atoms with E-state index < -0.39 is 0 Å². The summed E-state index contributed by atoms with van der Waals surface area (Å²) in [5, 5.41) is 8.99. The van der Waals surface area contributed by atoms with Crippen LogP contribution >= 0.6 is 0 Å². The number of fused-ring (bicyclic) bond motifs is 1. The summed E-state index contributed by atoms with van der Waals surface area (Å²) in [6.07, 6.45) is 1.18. The molecule has 0 aromatic heterocycles. The summed E-state index contributed by atoms with van der Waals surface area (Å²) in [6, 6.07) is 33.6. The SMILES string of the molecule is CNCCN(C)C[C@H](Cc1ccc2ccccc2c1)NC(=O)Cc1ccc(-c2ccccc2)cc1. The van der Waals surface area contributed by atoms with Gasteiger partial charge in [-0.1, -0.05) is 97.1 Å². The van der Waals surface area contributed by atoms with Gasteiger partial charge in [0.25, 0.3) is 0 Å². The van der Waals surface area contributed by atoms with Crippen molar-refractivity contribution in [3.05, 3.63) is 108 Å². The Bertz CT molecular complexity index is 1220. The number of amides is 1. The summed E-state index contributed by atoms with van der Waals surface area (Å²) in [5.74, 6) is 0.0604. The highest BCUT2D eigenvalue weighted by Crippen LogP contribution is 2.20. The van der Waals surface area contributed by atoms with E-state index in [1.165, 1.54) is 21.9 Å². The minimum atomic E-state index is 0.0362. The Kier molecular flexibility index (Phi) is 8.66. The van der Waals surface area contributed by atoms with Crippen molar-refractivity contribution in [2.75, 3.05) is 33.7 Å². The first kappa shape index (κ1) is 24.6. The molecule has 0 saturated carbocycles. The lowest BCUT2D eigenvalue weighted by molar-refractivity contribution is -0.121. The molecule has 0 heterocycles. The molecule has 0 aliphatic heterocycles. The number of carbonyl (C=O) groups is 1. The summed E-state index contributed by atoms with van der Waals surface area (Å²) in [6.45, 7) is 2.65. The molecule has 0 fully saturated rings. The molecule has 4 aromatic rings. The van der Waals surface area contributed by atoms with E-state index in [-0.39, 0.29) is 11.9 Å². The van der Waals surface area contributed by atoms with Crippen molar-refractivity contribution in [2.24, 2.45) is 0 Å². The maximum absolute atomic E-state index is 13.0. The van der Waals surface area contributed by atoms with Gasteiger partial charge in [0.05, 0.1) is 6.42 Å². The zero-order valence-electron chi connectivity index (χ0n) is 20.7. The molecule has 180 valence electrons. The van der Waals surface area contributed by atoms with Crippen molar-refractivity contribution in [3.63, 3.8) is 0 Å². The van der Waals surface area contributed by atoms with Crippen LogP contribution in [0.15, 0.2) is 97.1 Å². The Morgan fingerprint density at radius 2 is 1.46 bits per heavy atom. The number of likely N-dealkylation sites (N-methyl/N-ethyl adjacent to an activating group) is 2. The smallest absolute Gasteiger partial charge is 0.224 e. The largest absolute Gasteiger partial charge is 0.351 e. The number of hydrogen-bond acceptors (Lipinski definition) is 3. The number of rotatable bonds is 11. The van der Waals surface area contributed by atoms with Gasteiger partial charge in [0, 0.05) is 25.7 Å². The van der Waals surface area contributed by atoms with Crippen LogP contribution in [0.2, 0.25) is 0 Å². The standard InChI is InChI=1S/C31H35N3O/c1-32-18-19-34(2)23-30(21-25-14-17-27-10-6-7-11-29(27)20-25)33-31(35)22-24-12-15-28(16-13-24)26-8-4-3-5-9-26/h3-17,20,30,32H,18-19,21-23H2,1-2H3,(H,33,35)/t30-/m0/s1. The lowest BCUT2D eigenvalue weighted by Gasteiger charge is -2.25. The third kappa shape index (κ3) is 7.25. The highest BCUT2D eigenvalue weighted by molar-refractivity contribution is 5.83. The van der Waals surface area contributed by atoms with Gasteiger partial charge in [0.2, 0.25) is 5.91 Å². The second-order valence-electron chi connectivity index (χ2n) is 9.26. The number of nitrogens with zero attached hydrogens (tertiary/aromatic N) is 1. The normalized spacial score (nSPS) is 12.1. The van der Waals surface area contributed by atoms with Gasteiger partial charge in [-0.15, -0.1) is 0 Å². The van der Waals surface area contributed by atoms with Crippen molar-refractivity contribution in [3.8, 4) is 11.1 Å². The molecule has 35 heavy (non-hydrogen) atoms. The topological polar surface area (TPSA) is 44.4 Å². The van der Waals surface area contributed by atoms with E-state index in [0.29, 0.717) is 6.42 Å². The molecule has 4 aromatic carbocycles. The van der Waals surface area contributed by atoms with Crippen LogP contribution in [0.4, 0.5) is 0 Å². The van der Waals surface area contributed by atoms with E-state index in [9.17, 15) is 4.79 Å². The zero-order chi connectivity index (χ0) is 24.5. The molecule has 0 unspecified atom stereocenters. The van der Waals surface area contributed by atoms with Crippen molar-refractivity contribution in [1.29, 1.82) is 0 Å². The predicted molar refractivity (Wildman–Crippen MR) is 147 cm³/mol. The monoisotopic (exact) mass is 465 g/mol. The molecule has 2 N–H and O–H groups in total. The van der Waals surface area contributed by atoms with Crippen molar-refractivity contribution in [2.45, 2.75) is 18.9 Å². The molecule has 0 spiro atoms.